The van der Waals surface area contributed by atoms with Crippen LogP contribution in [0.5, 0.6) is 0 Å². The van der Waals surface area contributed by atoms with Gasteiger partial charge in [-0.25, -0.2) is 9.59 Å². The second-order valence-corrected chi connectivity index (χ2v) is 7.50. The summed E-state index contributed by atoms with van der Waals surface area (Å²) in [7, 11) is 1.52. The zero-order chi connectivity index (χ0) is 25.7. The van der Waals surface area contributed by atoms with E-state index < -0.39 is 29.7 Å². The summed E-state index contributed by atoms with van der Waals surface area (Å²) >= 11 is 0. The molecule has 186 valence electrons. The number of amides is 3. The van der Waals surface area contributed by atoms with Crippen molar-refractivity contribution in [1.29, 1.82) is 0 Å². The second kappa shape index (κ2) is 11.0. The Morgan fingerprint density at radius 3 is 2.23 bits per heavy atom. The van der Waals surface area contributed by atoms with Gasteiger partial charge in [0.25, 0.3) is 17.7 Å². The number of benzene rings is 1. The number of fused-ring (bicyclic) bond motifs is 1. The van der Waals surface area contributed by atoms with Crippen LogP contribution in [0.4, 0.5) is 5.88 Å². The van der Waals surface area contributed by atoms with E-state index in [2.05, 4.69) is 5.32 Å². The molecule has 0 aliphatic carbocycles. The summed E-state index contributed by atoms with van der Waals surface area (Å²) in [6.07, 6.45) is 0.479. The number of imide groups is 1. The lowest BCUT2D eigenvalue weighted by Gasteiger charge is -2.12. The maximum Gasteiger partial charge on any atom is 0.344 e. The number of nitrogens with zero attached hydrogens (tertiary/aromatic N) is 1. The zero-order valence-corrected chi connectivity index (χ0v) is 19.9. The molecule has 0 atom stereocenters. The van der Waals surface area contributed by atoms with Crippen LogP contribution in [0.25, 0.3) is 0 Å². The fourth-order valence-corrected chi connectivity index (χ4v) is 3.66. The smallest absolute Gasteiger partial charge is 0.344 e. The molecule has 0 saturated heterocycles. The highest BCUT2D eigenvalue weighted by molar-refractivity contribution is 6.22. The quantitative estimate of drug-likeness (QED) is 0.305. The Bertz CT molecular complexity index is 1180. The molecule has 0 unspecified atom stereocenters. The first-order chi connectivity index (χ1) is 16.7. The van der Waals surface area contributed by atoms with Gasteiger partial charge >= 0.3 is 11.9 Å². The molecular formula is C24H26N2O9. The molecule has 1 aliphatic heterocycles. The lowest BCUT2D eigenvalue weighted by molar-refractivity contribution is 0.0480. The SMILES string of the molecule is CCOC(=O)c1c(C)oc(NC(=O)c2ccc3c(c2)C(=O)N(CCCOC)C3=O)c1C(=O)OCC. The Labute approximate surface area is 201 Å². The van der Waals surface area contributed by atoms with Crippen LogP contribution in [0.15, 0.2) is 22.6 Å². The molecule has 1 N–H and O–H groups in total. The van der Waals surface area contributed by atoms with Crippen molar-refractivity contribution in [3.05, 3.63) is 51.8 Å². The Kier molecular flexibility index (Phi) is 8.02. The molecule has 3 amide bonds. The lowest BCUT2D eigenvalue weighted by atomic mass is 10.1. The lowest BCUT2D eigenvalue weighted by Crippen LogP contribution is -2.31. The molecule has 1 aromatic heterocycles. The molecule has 0 bridgehead atoms. The van der Waals surface area contributed by atoms with Crippen LogP contribution in [0.2, 0.25) is 0 Å². The largest absolute Gasteiger partial charge is 0.462 e. The highest BCUT2D eigenvalue weighted by Crippen LogP contribution is 2.30. The van der Waals surface area contributed by atoms with Crippen molar-refractivity contribution in [3.63, 3.8) is 0 Å². The van der Waals surface area contributed by atoms with Crippen LogP contribution in [-0.2, 0) is 14.2 Å². The third-order valence-electron chi connectivity index (χ3n) is 5.23. The number of methoxy groups -OCH3 is 1. The maximum absolute atomic E-state index is 13.0. The summed E-state index contributed by atoms with van der Waals surface area (Å²) in [6.45, 7) is 5.32. The number of esters is 2. The summed E-state index contributed by atoms with van der Waals surface area (Å²) in [5.74, 6) is -3.58. The van der Waals surface area contributed by atoms with Crippen molar-refractivity contribution in [1.82, 2.24) is 4.90 Å². The fourth-order valence-electron chi connectivity index (χ4n) is 3.66. The minimum absolute atomic E-state index is 0.0283. The van der Waals surface area contributed by atoms with Crippen LogP contribution in [-0.4, -0.2) is 68.0 Å². The summed E-state index contributed by atoms with van der Waals surface area (Å²) < 4.78 is 20.5. The molecule has 0 spiro atoms. The van der Waals surface area contributed by atoms with E-state index in [0.29, 0.717) is 13.0 Å². The van der Waals surface area contributed by atoms with Gasteiger partial charge in [0.15, 0.2) is 0 Å². The number of anilines is 1. The predicted molar refractivity (Wildman–Crippen MR) is 122 cm³/mol. The van der Waals surface area contributed by atoms with Crippen molar-refractivity contribution in [3.8, 4) is 0 Å². The summed E-state index contributed by atoms with van der Waals surface area (Å²) in [4.78, 5) is 64.3. The highest BCUT2D eigenvalue weighted by atomic mass is 16.5. The van der Waals surface area contributed by atoms with Gasteiger partial charge in [-0.1, -0.05) is 0 Å². The predicted octanol–water partition coefficient (Wildman–Crippen LogP) is 2.83. The Morgan fingerprint density at radius 1 is 0.971 bits per heavy atom. The van der Waals surface area contributed by atoms with Gasteiger partial charge in [0.05, 0.1) is 24.3 Å². The third kappa shape index (κ3) is 5.09. The molecule has 0 radical (unpaired) electrons. The first-order valence-corrected chi connectivity index (χ1v) is 11.0. The standard InChI is InChI=1S/C24H26N2O9/c1-5-33-23(30)17-13(3)35-20(18(17)24(31)34-6-2)25-19(27)14-8-9-15-16(12-14)22(29)26(21(15)28)10-7-11-32-4/h8-9,12H,5-7,10-11H2,1-4H3,(H,25,27). The monoisotopic (exact) mass is 486 g/mol. The number of ether oxygens (including phenoxy) is 3. The number of aryl methyl sites for hydroxylation is 1. The fraction of sp³-hybridized carbons (Fsp3) is 0.375. The average Bonchev–Trinajstić information content (AvgIpc) is 3.27. The van der Waals surface area contributed by atoms with Crippen LogP contribution in [0.1, 0.15) is 77.8 Å². The molecule has 1 aliphatic rings. The van der Waals surface area contributed by atoms with E-state index in [0.717, 1.165) is 4.90 Å². The topological polar surface area (TPSA) is 141 Å². The van der Waals surface area contributed by atoms with E-state index in [1.165, 1.54) is 32.2 Å². The molecule has 0 fully saturated rings. The van der Waals surface area contributed by atoms with Crippen LogP contribution < -0.4 is 5.32 Å². The molecule has 11 heteroatoms. The van der Waals surface area contributed by atoms with Gasteiger partial charge in [-0.2, -0.15) is 0 Å². The van der Waals surface area contributed by atoms with Crippen molar-refractivity contribution in [2.45, 2.75) is 27.2 Å². The Balaban J connectivity index is 1.90. The normalized spacial score (nSPS) is 12.5. The number of rotatable bonds is 10. The van der Waals surface area contributed by atoms with Crippen molar-refractivity contribution >= 4 is 35.5 Å². The van der Waals surface area contributed by atoms with Crippen molar-refractivity contribution in [2.24, 2.45) is 0 Å². The van der Waals surface area contributed by atoms with Gasteiger partial charge in [-0.15, -0.1) is 0 Å². The van der Waals surface area contributed by atoms with Crippen molar-refractivity contribution in [2.75, 3.05) is 38.8 Å². The van der Waals surface area contributed by atoms with Crippen molar-refractivity contribution < 1.29 is 42.6 Å². The molecule has 11 nitrogen and oxygen atoms in total. The van der Waals surface area contributed by atoms with Gasteiger partial charge in [0.1, 0.15) is 16.9 Å². The minimum atomic E-state index is -0.871. The molecule has 2 aromatic rings. The molecule has 1 aromatic carbocycles. The summed E-state index contributed by atoms with van der Waals surface area (Å²) in [6, 6.07) is 4.07. The first-order valence-electron chi connectivity index (χ1n) is 11.0. The maximum atomic E-state index is 13.0. The number of furan rings is 1. The number of hydrogen-bond acceptors (Lipinski definition) is 9. The summed E-state index contributed by atoms with van der Waals surface area (Å²) in [5.41, 5.74) is -0.0942. The number of carbonyl (C=O) groups excluding carboxylic acids is 5. The van der Waals surface area contributed by atoms with Crippen LogP contribution in [0, 0.1) is 6.92 Å². The zero-order valence-electron chi connectivity index (χ0n) is 19.9. The molecule has 0 saturated carbocycles. The molecular weight excluding hydrogens is 460 g/mol. The molecule has 2 heterocycles. The number of hydrogen-bond donors (Lipinski definition) is 1. The van der Waals surface area contributed by atoms with Gasteiger partial charge < -0.3 is 18.6 Å². The van der Waals surface area contributed by atoms with Gasteiger partial charge in [-0.3, -0.25) is 24.6 Å². The summed E-state index contributed by atoms with van der Waals surface area (Å²) in [5, 5.41) is 2.45. The third-order valence-corrected chi connectivity index (χ3v) is 5.23. The van der Waals surface area contributed by atoms with E-state index >= 15 is 0 Å². The van der Waals surface area contributed by atoms with Gasteiger partial charge in [-0.05, 0) is 45.4 Å². The van der Waals surface area contributed by atoms with Crippen LogP contribution >= 0.6 is 0 Å². The molecule has 3 rings (SSSR count). The van der Waals surface area contributed by atoms with Gasteiger partial charge in [0.2, 0.25) is 5.88 Å². The van der Waals surface area contributed by atoms with E-state index in [1.54, 1.807) is 13.8 Å². The Hall–Kier alpha value is -3.99. The second-order valence-electron chi connectivity index (χ2n) is 7.50. The number of carbonyl (C=O) groups is 5. The minimum Gasteiger partial charge on any atom is -0.462 e. The van der Waals surface area contributed by atoms with E-state index in [-0.39, 0.29) is 59.2 Å². The molecule has 35 heavy (non-hydrogen) atoms. The first kappa shape index (κ1) is 25.6. The number of nitrogens with one attached hydrogen (secondary N) is 1. The van der Waals surface area contributed by atoms with E-state index in [4.69, 9.17) is 18.6 Å². The van der Waals surface area contributed by atoms with E-state index in [9.17, 15) is 24.0 Å². The Morgan fingerprint density at radius 2 is 1.60 bits per heavy atom. The van der Waals surface area contributed by atoms with Crippen LogP contribution in [0.3, 0.4) is 0 Å². The average molecular weight is 486 g/mol. The highest BCUT2D eigenvalue weighted by Gasteiger charge is 2.36. The van der Waals surface area contributed by atoms with Gasteiger partial charge in [0, 0.05) is 25.8 Å². The van der Waals surface area contributed by atoms with E-state index in [1.807, 2.05) is 0 Å².